The highest BCUT2D eigenvalue weighted by atomic mass is 16.5. The molecule has 0 saturated carbocycles. The van der Waals surface area contributed by atoms with Crippen LogP contribution in [0.4, 0.5) is 0 Å². The number of hydrogen-bond acceptors (Lipinski definition) is 5. The average molecular weight is 1180 g/mol. The molecule has 0 aromatic rings. The van der Waals surface area contributed by atoms with Crippen LogP contribution >= 0.6 is 0 Å². The third-order valence-electron chi connectivity index (χ3n) is 17.9. The summed E-state index contributed by atoms with van der Waals surface area (Å²) < 4.78 is 5.49. The second-order valence-corrected chi connectivity index (χ2v) is 26.3. The number of ether oxygens (including phenoxy) is 1. The number of allylic oxidation sites excluding steroid dienone is 5. The maximum Gasteiger partial charge on any atom is 0.305 e. The Labute approximate surface area is 525 Å². The first-order chi connectivity index (χ1) is 41.5. The van der Waals surface area contributed by atoms with Crippen LogP contribution in [0.1, 0.15) is 425 Å². The molecule has 84 heavy (non-hydrogen) atoms. The summed E-state index contributed by atoms with van der Waals surface area (Å²) in [5.74, 6) is -0.0504. The van der Waals surface area contributed by atoms with E-state index < -0.39 is 12.1 Å². The second kappa shape index (κ2) is 73.5. The first-order valence-electron chi connectivity index (χ1n) is 38.3. The highest BCUT2D eigenvalue weighted by molar-refractivity contribution is 5.76. The lowest BCUT2D eigenvalue weighted by atomic mass is 10.0. The molecule has 0 radical (unpaired) electrons. The van der Waals surface area contributed by atoms with Gasteiger partial charge < -0.3 is 20.3 Å². The molecule has 0 aliphatic rings. The number of amides is 1. The third-order valence-corrected chi connectivity index (χ3v) is 17.9. The maximum absolute atomic E-state index is 12.5. The van der Waals surface area contributed by atoms with E-state index in [1.54, 1.807) is 6.08 Å². The lowest BCUT2D eigenvalue weighted by Gasteiger charge is -2.20. The van der Waals surface area contributed by atoms with Crippen LogP contribution < -0.4 is 5.32 Å². The number of carbonyl (C=O) groups excluding carboxylic acids is 2. The number of carbonyl (C=O) groups is 2. The van der Waals surface area contributed by atoms with Gasteiger partial charge in [-0.15, -0.1) is 0 Å². The van der Waals surface area contributed by atoms with Crippen LogP contribution in [0.2, 0.25) is 0 Å². The fourth-order valence-electron chi connectivity index (χ4n) is 12.0. The molecule has 0 aliphatic carbocycles. The maximum atomic E-state index is 12.5. The van der Waals surface area contributed by atoms with E-state index >= 15 is 0 Å². The van der Waals surface area contributed by atoms with Crippen molar-refractivity contribution in [3.05, 3.63) is 36.5 Å². The molecule has 0 aliphatic heterocycles. The molecule has 0 saturated heterocycles. The lowest BCUT2D eigenvalue weighted by molar-refractivity contribution is -0.143. The number of rotatable bonds is 72. The zero-order valence-electron chi connectivity index (χ0n) is 56.9. The SMILES string of the molecule is CCCCCCC/C=C\CCCCCCCC(=O)OCCCCCCCCCCCCCC/C=C\CCCCCCCCCCCCCCCCCCCC(=O)NC(CO)C(O)/C=C/CCCCCCCCCCCCCCCCCCCC. The smallest absolute Gasteiger partial charge is 0.305 e. The molecule has 2 atom stereocenters. The van der Waals surface area contributed by atoms with Crippen molar-refractivity contribution in [2.75, 3.05) is 13.2 Å². The van der Waals surface area contributed by atoms with Crippen molar-refractivity contribution in [3.8, 4) is 0 Å². The summed E-state index contributed by atoms with van der Waals surface area (Å²) in [6, 6.07) is -0.626. The quantitative estimate of drug-likeness (QED) is 0.0320. The van der Waals surface area contributed by atoms with Gasteiger partial charge in [0.05, 0.1) is 25.4 Å². The topological polar surface area (TPSA) is 95.9 Å². The van der Waals surface area contributed by atoms with Crippen LogP contribution in [0.15, 0.2) is 36.5 Å². The predicted octanol–water partition coefficient (Wildman–Crippen LogP) is 25.0. The van der Waals surface area contributed by atoms with E-state index in [4.69, 9.17) is 4.74 Å². The standard InChI is InChI=1S/C78H149NO5/c1-3-5-7-9-11-13-15-17-19-20-21-37-40-43-46-50-54-58-62-66-70-76(81)75(74-80)79-77(82)71-67-63-59-55-51-47-44-41-38-35-33-31-29-27-25-23-22-24-26-28-30-32-34-36-39-42-45-49-53-57-61-65-69-73-84-78(83)72-68-64-60-56-52-48-18-16-14-12-10-8-6-4-2/h16,18,26,28,66,70,75-76,80-81H,3-15,17,19-25,27,29-65,67-69,71-74H2,1-2H3,(H,79,82)/b18-16-,28-26-,70-66+. The molecule has 0 bridgehead atoms. The van der Waals surface area contributed by atoms with E-state index in [1.807, 2.05) is 6.08 Å². The largest absolute Gasteiger partial charge is 0.466 e. The Kier molecular flexibility index (Phi) is 71.9. The summed E-state index contributed by atoms with van der Waals surface area (Å²) in [6.45, 7) is 4.93. The van der Waals surface area contributed by atoms with Gasteiger partial charge in [0, 0.05) is 12.8 Å². The van der Waals surface area contributed by atoms with Gasteiger partial charge in [0.25, 0.3) is 0 Å². The monoisotopic (exact) mass is 1180 g/mol. The number of nitrogens with one attached hydrogen (secondary N) is 1. The molecule has 0 aromatic heterocycles. The summed E-state index contributed by atoms with van der Waals surface area (Å²) in [5, 5.41) is 23.3. The molecule has 6 heteroatoms. The Morgan fingerprint density at radius 2 is 0.560 bits per heavy atom. The van der Waals surface area contributed by atoms with Gasteiger partial charge in [0.1, 0.15) is 0 Å². The molecule has 496 valence electrons. The Hall–Kier alpha value is -1.92. The number of aliphatic hydroxyl groups excluding tert-OH is 2. The van der Waals surface area contributed by atoms with Gasteiger partial charge in [0.15, 0.2) is 0 Å². The second-order valence-electron chi connectivity index (χ2n) is 26.3. The summed E-state index contributed by atoms with van der Waals surface area (Å²) in [5.41, 5.74) is 0. The number of aliphatic hydroxyl groups is 2. The van der Waals surface area contributed by atoms with Gasteiger partial charge in [-0.25, -0.2) is 0 Å². The van der Waals surface area contributed by atoms with E-state index in [9.17, 15) is 19.8 Å². The minimum absolute atomic E-state index is 0.0104. The molecule has 0 fully saturated rings. The van der Waals surface area contributed by atoms with Crippen molar-refractivity contribution < 1.29 is 24.5 Å². The Bertz CT molecular complexity index is 1360. The van der Waals surface area contributed by atoms with Gasteiger partial charge in [-0.05, 0) is 83.5 Å². The molecule has 3 N–H and O–H groups in total. The molecule has 0 spiro atoms. The summed E-state index contributed by atoms with van der Waals surface area (Å²) >= 11 is 0. The van der Waals surface area contributed by atoms with Crippen LogP contribution in [-0.2, 0) is 14.3 Å². The molecule has 0 rings (SSSR count). The Morgan fingerprint density at radius 1 is 0.321 bits per heavy atom. The Morgan fingerprint density at radius 3 is 0.845 bits per heavy atom. The van der Waals surface area contributed by atoms with Gasteiger partial charge in [-0.3, -0.25) is 9.59 Å². The molecule has 1 amide bonds. The van der Waals surface area contributed by atoms with Crippen molar-refractivity contribution in [3.63, 3.8) is 0 Å². The van der Waals surface area contributed by atoms with Crippen molar-refractivity contribution in [1.29, 1.82) is 0 Å². The predicted molar refractivity (Wildman–Crippen MR) is 370 cm³/mol. The van der Waals surface area contributed by atoms with Crippen LogP contribution in [-0.4, -0.2) is 47.4 Å². The highest BCUT2D eigenvalue weighted by Crippen LogP contribution is 2.19. The number of esters is 1. The summed E-state index contributed by atoms with van der Waals surface area (Å²) in [6.07, 6.45) is 95.4. The zero-order chi connectivity index (χ0) is 60.6. The van der Waals surface area contributed by atoms with E-state index in [2.05, 4.69) is 43.5 Å². The minimum Gasteiger partial charge on any atom is -0.466 e. The number of unbranched alkanes of at least 4 members (excludes halogenated alkanes) is 57. The van der Waals surface area contributed by atoms with Crippen LogP contribution in [0, 0.1) is 0 Å². The molecule has 0 heterocycles. The van der Waals surface area contributed by atoms with E-state index in [0.29, 0.717) is 19.4 Å². The minimum atomic E-state index is -0.843. The third kappa shape index (κ3) is 69.2. The molecule has 6 nitrogen and oxygen atoms in total. The molecule has 2 unspecified atom stereocenters. The Balaban J connectivity index is 3.37. The van der Waals surface area contributed by atoms with Crippen molar-refractivity contribution in [2.24, 2.45) is 0 Å². The molecule has 0 aromatic carbocycles. The zero-order valence-corrected chi connectivity index (χ0v) is 56.9. The fourth-order valence-corrected chi connectivity index (χ4v) is 12.0. The molecular weight excluding hydrogens is 1030 g/mol. The first-order valence-corrected chi connectivity index (χ1v) is 38.3. The van der Waals surface area contributed by atoms with Gasteiger partial charge >= 0.3 is 5.97 Å². The van der Waals surface area contributed by atoms with E-state index in [0.717, 1.165) is 44.9 Å². The van der Waals surface area contributed by atoms with Crippen molar-refractivity contribution >= 4 is 11.9 Å². The summed E-state index contributed by atoms with van der Waals surface area (Å²) in [4.78, 5) is 24.6. The summed E-state index contributed by atoms with van der Waals surface area (Å²) in [7, 11) is 0. The van der Waals surface area contributed by atoms with Crippen LogP contribution in [0.5, 0.6) is 0 Å². The fraction of sp³-hybridized carbons (Fsp3) is 0.897. The van der Waals surface area contributed by atoms with Gasteiger partial charge in [-0.2, -0.15) is 0 Å². The first kappa shape index (κ1) is 82.1. The average Bonchev–Trinajstić information content (AvgIpc) is 3.51. The van der Waals surface area contributed by atoms with Crippen LogP contribution in [0.3, 0.4) is 0 Å². The van der Waals surface area contributed by atoms with Crippen LogP contribution in [0.25, 0.3) is 0 Å². The number of hydrogen-bond donors (Lipinski definition) is 3. The van der Waals surface area contributed by atoms with Crippen molar-refractivity contribution in [1.82, 2.24) is 5.32 Å². The normalized spacial score (nSPS) is 12.7. The van der Waals surface area contributed by atoms with Crippen molar-refractivity contribution in [2.45, 2.75) is 437 Å². The van der Waals surface area contributed by atoms with E-state index in [1.165, 1.54) is 353 Å². The lowest BCUT2D eigenvalue weighted by Crippen LogP contribution is -2.45. The highest BCUT2D eigenvalue weighted by Gasteiger charge is 2.18. The van der Waals surface area contributed by atoms with Gasteiger partial charge in [-0.1, -0.05) is 365 Å². The van der Waals surface area contributed by atoms with Gasteiger partial charge in [0.2, 0.25) is 5.91 Å². The van der Waals surface area contributed by atoms with E-state index in [-0.39, 0.29) is 18.5 Å². The molecular formula is C78H149NO5.